The Kier molecular flexibility index (Phi) is 5.16. The minimum atomic E-state index is -2.89. The smallest absolute Gasteiger partial charge is 0.321 e. The molecule has 6 nitrogen and oxygen atoms in total. The maximum absolute atomic E-state index is 13.1. The molecule has 0 aromatic carbocycles. The molecule has 3 rings (SSSR count). The highest BCUT2D eigenvalue weighted by atomic mass is 19.3. The molecule has 3 aromatic rings. The lowest BCUT2D eigenvalue weighted by Crippen LogP contribution is -2.22. The molecule has 0 radical (unpaired) electrons. The van der Waals surface area contributed by atoms with Crippen LogP contribution in [0.4, 0.5) is 20.4 Å². The quantitative estimate of drug-likeness (QED) is 0.700. The highest BCUT2D eigenvalue weighted by Gasteiger charge is 2.18. The zero-order valence-electron chi connectivity index (χ0n) is 15.6. The third kappa shape index (κ3) is 3.79. The number of aryl methyl sites for hydroxylation is 2. The number of hydrogen-bond acceptors (Lipinski definition) is 5. The number of nitrogens with zero attached hydrogens (tertiary/aromatic N) is 4. The largest absolute Gasteiger partial charge is 0.325 e. The van der Waals surface area contributed by atoms with Crippen LogP contribution in [0.3, 0.4) is 0 Å². The predicted molar refractivity (Wildman–Crippen MR) is 103 cm³/mol. The van der Waals surface area contributed by atoms with Crippen LogP contribution < -0.4 is 10.9 Å². The van der Waals surface area contributed by atoms with E-state index >= 15 is 0 Å². The van der Waals surface area contributed by atoms with E-state index in [9.17, 15) is 13.6 Å². The van der Waals surface area contributed by atoms with Crippen molar-refractivity contribution in [1.29, 1.82) is 0 Å². The van der Waals surface area contributed by atoms with Crippen molar-refractivity contribution in [2.75, 3.05) is 5.32 Å². The minimum Gasteiger partial charge on any atom is -0.325 e. The number of alkyl halides is 2. The average Bonchev–Trinajstić information content (AvgIpc) is 2.59. The van der Waals surface area contributed by atoms with Crippen LogP contribution >= 0.6 is 0 Å². The highest BCUT2D eigenvalue weighted by Crippen LogP contribution is 2.28. The van der Waals surface area contributed by atoms with E-state index in [0.29, 0.717) is 33.1 Å². The summed E-state index contributed by atoms with van der Waals surface area (Å²) in [4.78, 5) is 25.6. The number of aromatic nitrogens is 4. The molecule has 0 saturated carbocycles. The van der Waals surface area contributed by atoms with Crippen molar-refractivity contribution >= 4 is 22.5 Å². The zero-order chi connectivity index (χ0) is 19.7. The van der Waals surface area contributed by atoms with Crippen LogP contribution in [0.1, 0.15) is 51.2 Å². The lowest BCUT2D eigenvalue weighted by molar-refractivity contribution is 0.0669. The van der Waals surface area contributed by atoms with Gasteiger partial charge >= 0.3 is 6.55 Å². The summed E-state index contributed by atoms with van der Waals surface area (Å²) in [5.74, 6) is 1.72. The number of nitrogens with one attached hydrogen (secondary N) is 1. The number of pyridine rings is 2. The minimum absolute atomic E-state index is 0. The third-order valence-corrected chi connectivity index (χ3v) is 4.50. The Morgan fingerprint density at radius 3 is 2.52 bits per heavy atom. The first kappa shape index (κ1) is 18.9. The molecule has 0 saturated heterocycles. The second-order valence-electron chi connectivity index (χ2n) is 6.54. The molecule has 0 aliphatic heterocycles. The molecule has 0 fully saturated rings. The summed E-state index contributed by atoms with van der Waals surface area (Å²) in [5.41, 5.74) is 1.14. The summed E-state index contributed by atoms with van der Waals surface area (Å²) in [6.07, 6.45) is 1.83. The van der Waals surface area contributed by atoms with E-state index in [1.54, 1.807) is 19.1 Å². The standard InChI is InChI=1S/C19H21F2N5O.H2/c1-5-10(2)13-9-16(25-15-8-11(3)22-12(4)23-15)24-14-6-7-26(19(20)21)18(27)17(13)14;/h6-10,19H,5H2,1-4H3,(H,22,23,24,25);1H. The van der Waals surface area contributed by atoms with Gasteiger partial charge < -0.3 is 5.32 Å². The van der Waals surface area contributed by atoms with E-state index in [-0.39, 0.29) is 12.7 Å². The number of fused-ring (bicyclic) bond motifs is 1. The summed E-state index contributed by atoms with van der Waals surface area (Å²) < 4.78 is 26.7. The molecule has 0 bridgehead atoms. The van der Waals surface area contributed by atoms with Gasteiger partial charge in [0.05, 0.1) is 10.9 Å². The molecule has 8 heteroatoms. The van der Waals surface area contributed by atoms with Crippen LogP contribution in [0, 0.1) is 13.8 Å². The molecule has 0 aliphatic rings. The predicted octanol–water partition coefficient (Wildman–Crippen LogP) is 4.70. The number of halogens is 2. The molecular formula is C19H23F2N5O. The van der Waals surface area contributed by atoms with E-state index in [1.807, 2.05) is 20.8 Å². The van der Waals surface area contributed by atoms with E-state index in [0.717, 1.165) is 18.3 Å². The molecule has 3 aromatic heterocycles. The van der Waals surface area contributed by atoms with Gasteiger partial charge in [-0.25, -0.2) is 15.0 Å². The van der Waals surface area contributed by atoms with Gasteiger partial charge in [0.15, 0.2) is 0 Å². The SMILES string of the molecule is CCC(C)c1cc(Nc2cc(C)nc(C)n2)nc2ccn(C(F)F)c(=O)c12.[HH]. The maximum Gasteiger partial charge on any atom is 0.321 e. The van der Waals surface area contributed by atoms with Crippen molar-refractivity contribution in [3.63, 3.8) is 0 Å². The molecule has 0 amide bonds. The Bertz CT molecular complexity index is 1030. The van der Waals surface area contributed by atoms with Crippen LogP contribution in [0.15, 0.2) is 29.2 Å². The normalized spacial score (nSPS) is 12.6. The summed E-state index contributed by atoms with van der Waals surface area (Å²) in [7, 11) is 0. The maximum atomic E-state index is 13.1. The fourth-order valence-electron chi connectivity index (χ4n) is 3.03. The van der Waals surface area contributed by atoms with Crippen molar-refractivity contribution < 1.29 is 10.2 Å². The Morgan fingerprint density at radius 1 is 1.19 bits per heavy atom. The summed E-state index contributed by atoms with van der Waals surface area (Å²) in [5, 5.41) is 3.36. The van der Waals surface area contributed by atoms with Gasteiger partial charge in [-0.05, 0) is 43.9 Å². The van der Waals surface area contributed by atoms with E-state index < -0.39 is 12.1 Å². The van der Waals surface area contributed by atoms with E-state index in [1.165, 1.54) is 6.07 Å². The molecule has 3 heterocycles. The highest BCUT2D eigenvalue weighted by molar-refractivity contribution is 5.84. The second-order valence-corrected chi connectivity index (χ2v) is 6.54. The monoisotopic (exact) mass is 375 g/mol. The molecule has 0 spiro atoms. The zero-order valence-corrected chi connectivity index (χ0v) is 15.6. The first-order valence-corrected chi connectivity index (χ1v) is 8.73. The van der Waals surface area contributed by atoms with Gasteiger partial charge in [-0.2, -0.15) is 8.78 Å². The van der Waals surface area contributed by atoms with Crippen molar-refractivity contribution in [2.24, 2.45) is 0 Å². The van der Waals surface area contributed by atoms with Gasteiger partial charge in [0.2, 0.25) is 0 Å². The van der Waals surface area contributed by atoms with Gasteiger partial charge in [0, 0.05) is 19.4 Å². The fourth-order valence-corrected chi connectivity index (χ4v) is 3.03. The van der Waals surface area contributed by atoms with Crippen molar-refractivity contribution in [2.45, 2.75) is 46.6 Å². The molecular weight excluding hydrogens is 352 g/mol. The molecule has 1 unspecified atom stereocenters. The van der Waals surface area contributed by atoms with E-state index in [2.05, 4.69) is 20.3 Å². The van der Waals surface area contributed by atoms with Crippen molar-refractivity contribution in [1.82, 2.24) is 19.5 Å². The van der Waals surface area contributed by atoms with Crippen molar-refractivity contribution in [3.05, 3.63) is 51.8 Å². The summed E-state index contributed by atoms with van der Waals surface area (Å²) in [6.45, 7) is 4.71. The van der Waals surface area contributed by atoms with E-state index in [4.69, 9.17) is 0 Å². The molecule has 144 valence electrons. The van der Waals surface area contributed by atoms with Gasteiger partial charge in [-0.15, -0.1) is 0 Å². The fraction of sp³-hybridized carbons (Fsp3) is 0.368. The summed E-state index contributed by atoms with van der Waals surface area (Å²) >= 11 is 0. The third-order valence-electron chi connectivity index (χ3n) is 4.50. The molecule has 1 N–H and O–H groups in total. The van der Waals surface area contributed by atoms with Crippen LogP contribution in [0.5, 0.6) is 0 Å². The van der Waals surface area contributed by atoms with Gasteiger partial charge in [0.1, 0.15) is 17.5 Å². The van der Waals surface area contributed by atoms with Gasteiger partial charge in [-0.1, -0.05) is 13.8 Å². The number of anilines is 2. The van der Waals surface area contributed by atoms with Crippen LogP contribution in [0.2, 0.25) is 0 Å². The first-order chi connectivity index (χ1) is 12.8. The Labute approximate surface area is 156 Å². The summed E-state index contributed by atoms with van der Waals surface area (Å²) in [6, 6.07) is 4.97. The molecule has 0 aliphatic carbocycles. The Hall–Kier alpha value is -2.90. The van der Waals surface area contributed by atoms with Crippen LogP contribution in [0.25, 0.3) is 10.9 Å². The van der Waals surface area contributed by atoms with Crippen LogP contribution in [-0.4, -0.2) is 19.5 Å². The first-order valence-electron chi connectivity index (χ1n) is 8.73. The lowest BCUT2D eigenvalue weighted by atomic mass is 9.95. The second kappa shape index (κ2) is 7.38. The molecule has 1 atom stereocenters. The van der Waals surface area contributed by atoms with Crippen LogP contribution in [-0.2, 0) is 0 Å². The Balaban J connectivity index is 0.00000280. The molecule has 27 heavy (non-hydrogen) atoms. The Morgan fingerprint density at radius 2 is 1.89 bits per heavy atom. The number of rotatable bonds is 5. The number of hydrogen-bond donors (Lipinski definition) is 1. The average molecular weight is 375 g/mol. The van der Waals surface area contributed by atoms with Gasteiger partial charge in [0.25, 0.3) is 5.56 Å². The lowest BCUT2D eigenvalue weighted by Gasteiger charge is -2.16. The van der Waals surface area contributed by atoms with Crippen molar-refractivity contribution in [3.8, 4) is 0 Å². The topological polar surface area (TPSA) is 72.7 Å². The van der Waals surface area contributed by atoms with Gasteiger partial charge in [-0.3, -0.25) is 9.36 Å².